The van der Waals surface area contributed by atoms with Crippen LogP contribution in [-0.2, 0) is 13.0 Å². The third-order valence-electron chi connectivity index (χ3n) is 3.29. The Kier molecular flexibility index (Phi) is 5.11. The monoisotopic (exact) mass is 288 g/mol. The molecule has 0 aliphatic carbocycles. The smallest absolute Gasteiger partial charge is 0.163 e. The lowest BCUT2D eigenvalue weighted by atomic mass is 10.1. The molecule has 1 aromatic heterocycles. The van der Waals surface area contributed by atoms with Crippen LogP contribution in [0.25, 0.3) is 0 Å². The van der Waals surface area contributed by atoms with E-state index in [9.17, 15) is 4.79 Å². The summed E-state index contributed by atoms with van der Waals surface area (Å²) >= 11 is 0. The van der Waals surface area contributed by atoms with Gasteiger partial charge in [0.2, 0.25) is 0 Å². The van der Waals surface area contributed by atoms with Gasteiger partial charge in [0.15, 0.2) is 5.78 Å². The molecule has 0 amide bonds. The van der Waals surface area contributed by atoms with E-state index in [-0.39, 0.29) is 12.4 Å². The first-order chi connectivity index (χ1) is 10.1. The Morgan fingerprint density at radius 3 is 2.62 bits per heavy atom. The SMILES string of the molecule is COc1ccc(Cn2cc(C(C)=O)c(CCCO)n2)cc1. The van der Waals surface area contributed by atoms with E-state index >= 15 is 0 Å². The molecule has 0 radical (unpaired) electrons. The van der Waals surface area contributed by atoms with Crippen molar-refractivity contribution in [3.05, 3.63) is 47.3 Å². The molecule has 0 atom stereocenters. The number of carbonyl (C=O) groups excluding carboxylic acids is 1. The van der Waals surface area contributed by atoms with Crippen molar-refractivity contribution in [3.63, 3.8) is 0 Å². The molecule has 0 unspecified atom stereocenters. The van der Waals surface area contributed by atoms with Crippen molar-refractivity contribution >= 4 is 5.78 Å². The number of aliphatic hydroxyl groups excluding tert-OH is 1. The summed E-state index contributed by atoms with van der Waals surface area (Å²) in [6.45, 7) is 2.24. The van der Waals surface area contributed by atoms with Gasteiger partial charge in [0.05, 0.1) is 24.9 Å². The van der Waals surface area contributed by atoms with Crippen LogP contribution in [0.3, 0.4) is 0 Å². The molecule has 0 spiro atoms. The Hall–Kier alpha value is -2.14. The van der Waals surface area contributed by atoms with Crippen LogP contribution in [0, 0.1) is 0 Å². The highest BCUT2D eigenvalue weighted by Gasteiger charge is 2.12. The van der Waals surface area contributed by atoms with Gasteiger partial charge in [-0.1, -0.05) is 12.1 Å². The zero-order valence-corrected chi connectivity index (χ0v) is 12.4. The molecule has 5 heteroatoms. The summed E-state index contributed by atoms with van der Waals surface area (Å²) in [7, 11) is 1.63. The number of rotatable bonds is 7. The zero-order valence-electron chi connectivity index (χ0n) is 12.4. The maximum atomic E-state index is 11.6. The van der Waals surface area contributed by atoms with Crippen LogP contribution in [0.15, 0.2) is 30.5 Å². The van der Waals surface area contributed by atoms with Crippen LogP contribution in [-0.4, -0.2) is 34.4 Å². The average Bonchev–Trinajstić information content (AvgIpc) is 2.89. The largest absolute Gasteiger partial charge is 0.497 e. The first-order valence-corrected chi connectivity index (χ1v) is 6.95. The van der Waals surface area contributed by atoms with Crippen molar-refractivity contribution in [2.75, 3.05) is 13.7 Å². The summed E-state index contributed by atoms with van der Waals surface area (Å²) in [6, 6.07) is 7.75. The molecule has 0 saturated heterocycles. The van der Waals surface area contributed by atoms with Crippen molar-refractivity contribution in [1.82, 2.24) is 9.78 Å². The molecule has 1 aromatic carbocycles. The number of benzene rings is 1. The van der Waals surface area contributed by atoms with E-state index in [1.165, 1.54) is 6.92 Å². The number of aromatic nitrogens is 2. The number of hydrogen-bond donors (Lipinski definition) is 1. The molecule has 21 heavy (non-hydrogen) atoms. The van der Waals surface area contributed by atoms with E-state index < -0.39 is 0 Å². The van der Waals surface area contributed by atoms with Gasteiger partial charge in [-0.2, -0.15) is 5.10 Å². The van der Waals surface area contributed by atoms with E-state index in [1.807, 2.05) is 24.3 Å². The van der Waals surface area contributed by atoms with Crippen LogP contribution in [0.1, 0.15) is 35.0 Å². The molecule has 2 rings (SSSR count). The van der Waals surface area contributed by atoms with Crippen molar-refractivity contribution in [3.8, 4) is 5.75 Å². The molecule has 112 valence electrons. The molecular formula is C16H20N2O3. The minimum Gasteiger partial charge on any atom is -0.497 e. The van der Waals surface area contributed by atoms with Gasteiger partial charge < -0.3 is 9.84 Å². The Balaban J connectivity index is 2.17. The maximum absolute atomic E-state index is 11.6. The number of carbonyl (C=O) groups is 1. The summed E-state index contributed by atoms with van der Waals surface area (Å²) in [4.78, 5) is 11.6. The molecule has 1 heterocycles. The van der Waals surface area contributed by atoms with Crippen LogP contribution in [0.2, 0.25) is 0 Å². The van der Waals surface area contributed by atoms with Crippen LogP contribution >= 0.6 is 0 Å². The van der Waals surface area contributed by atoms with Gasteiger partial charge in [0, 0.05) is 12.8 Å². The van der Waals surface area contributed by atoms with E-state index in [4.69, 9.17) is 9.84 Å². The van der Waals surface area contributed by atoms with Gasteiger partial charge >= 0.3 is 0 Å². The maximum Gasteiger partial charge on any atom is 0.163 e. The fraction of sp³-hybridized carbons (Fsp3) is 0.375. The zero-order chi connectivity index (χ0) is 15.2. The number of ketones is 1. The Morgan fingerprint density at radius 1 is 1.33 bits per heavy atom. The second-order valence-corrected chi connectivity index (χ2v) is 4.92. The number of Topliss-reactive ketones (excluding diaryl/α,β-unsaturated/α-hetero) is 1. The van der Waals surface area contributed by atoms with Crippen LogP contribution < -0.4 is 4.74 Å². The minimum atomic E-state index is 0.00363. The molecule has 2 aromatic rings. The number of methoxy groups -OCH3 is 1. The van der Waals surface area contributed by atoms with Crippen LogP contribution in [0.5, 0.6) is 5.75 Å². The predicted molar refractivity (Wildman–Crippen MR) is 79.7 cm³/mol. The second-order valence-electron chi connectivity index (χ2n) is 4.92. The summed E-state index contributed by atoms with van der Waals surface area (Å²) in [5, 5.41) is 13.4. The van der Waals surface area contributed by atoms with Crippen molar-refractivity contribution in [2.24, 2.45) is 0 Å². The lowest BCUT2D eigenvalue weighted by molar-refractivity contribution is 0.101. The molecular weight excluding hydrogens is 268 g/mol. The van der Waals surface area contributed by atoms with Gasteiger partial charge in [0.25, 0.3) is 0 Å². The van der Waals surface area contributed by atoms with Crippen molar-refractivity contribution in [2.45, 2.75) is 26.3 Å². The van der Waals surface area contributed by atoms with Crippen LogP contribution in [0.4, 0.5) is 0 Å². The highest BCUT2D eigenvalue weighted by atomic mass is 16.5. The Labute approximate surface area is 124 Å². The third kappa shape index (κ3) is 3.92. The topological polar surface area (TPSA) is 64.3 Å². The number of hydrogen-bond acceptors (Lipinski definition) is 4. The average molecular weight is 288 g/mol. The Morgan fingerprint density at radius 2 is 2.05 bits per heavy atom. The third-order valence-corrected chi connectivity index (χ3v) is 3.29. The Bertz CT molecular complexity index is 602. The standard InChI is InChI=1S/C16H20N2O3/c1-12(20)15-11-18(17-16(15)4-3-9-19)10-13-5-7-14(21-2)8-6-13/h5-8,11,19H,3-4,9-10H2,1-2H3. The quantitative estimate of drug-likeness (QED) is 0.792. The molecule has 0 aliphatic heterocycles. The fourth-order valence-electron chi connectivity index (χ4n) is 2.19. The van der Waals surface area contributed by atoms with Gasteiger partial charge in [-0.05, 0) is 37.5 Å². The first kappa shape index (κ1) is 15.3. The van der Waals surface area contributed by atoms with Crippen molar-refractivity contribution < 1.29 is 14.6 Å². The van der Waals surface area contributed by atoms with Gasteiger partial charge in [-0.15, -0.1) is 0 Å². The van der Waals surface area contributed by atoms with E-state index in [0.29, 0.717) is 24.9 Å². The van der Waals surface area contributed by atoms with Gasteiger partial charge in [-0.25, -0.2) is 0 Å². The molecule has 0 aliphatic rings. The molecule has 5 nitrogen and oxygen atoms in total. The predicted octanol–water partition coefficient (Wildman–Crippen LogP) is 2.07. The summed E-state index contributed by atoms with van der Waals surface area (Å²) in [6.07, 6.45) is 3.00. The lowest BCUT2D eigenvalue weighted by Crippen LogP contribution is -2.01. The molecule has 0 bridgehead atoms. The molecule has 0 saturated carbocycles. The number of nitrogens with zero attached hydrogens (tertiary/aromatic N) is 2. The number of aryl methyl sites for hydroxylation is 1. The number of aliphatic hydroxyl groups is 1. The summed E-state index contributed by atoms with van der Waals surface area (Å²) < 4.78 is 6.90. The van der Waals surface area contributed by atoms with Gasteiger partial charge in [0.1, 0.15) is 5.75 Å². The number of ether oxygens (including phenoxy) is 1. The van der Waals surface area contributed by atoms with E-state index in [2.05, 4.69) is 5.10 Å². The molecule has 1 N–H and O–H groups in total. The second kappa shape index (κ2) is 7.04. The molecule has 0 fully saturated rings. The van der Waals surface area contributed by atoms with Crippen molar-refractivity contribution in [1.29, 1.82) is 0 Å². The minimum absolute atomic E-state index is 0.00363. The highest BCUT2D eigenvalue weighted by Crippen LogP contribution is 2.15. The normalized spacial score (nSPS) is 10.6. The fourth-order valence-corrected chi connectivity index (χ4v) is 2.19. The van der Waals surface area contributed by atoms with Gasteiger partial charge in [-0.3, -0.25) is 9.48 Å². The summed E-state index contributed by atoms with van der Waals surface area (Å²) in [5.41, 5.74) is 2.48. The lowest BCUT2D eigenvalue weighted by Gasteiger charge is -2.03. The summed E-state index contributed by atoms with van der Waals surface area (Å²) in [5.74, 6) is 0.816. The highest BCUT2D eigenvalue weighted by molar-refractivity contribution is 5.94. The van der Waals surface area contributed by atoms with E-state index in [0.717, 1.165) is 17.0 Å². The first-order valence-electron chi connectivity index (χ1n) is 6.95. The van der Waals surface area contributed by atoms with E-state index in [1.54, 1.807) is 18.0 Å².